The van der Waals surface area contributed by atoms with Crippen molar-refractivity contribution in [1.29, 1.82) is 0 Å². The quantitative estimate of drug-likeness (QED) is 0.776. The Morgan fingerprint density at radius 1 is 1.00 bits per heavy atom. The molecule has 0 spiro atoms. The van der Waals surface area contributed by atoms with E-state index >= 15 is 0 Å². The molecule has 0 heterocycles. The van der Waals surface area contributed by atoms with Crippen molar-refractivity contribution in [3.05, 3.63) is 59.2 Å². The topological polar surface area (TPSA) is 61.4 Å². The zero-order valence-electron chi connectivity index (χ0n) is 16.9. The van der Waals surface area contributed by atoms with E-state index in [1.807, 2.05) is 44.1 Å². The van der Waals surface area contributed by atoms with Gasteiger partial charge in [0.1, 0.15) is 0 Å². The predicted molar refractivity (Wildman–Crippen MR) is 114 cm³/mol. The number of nitrogens with zero attached hydrogens (tertiary/aromatic N) is 1. The first-order valence-electron chi connectivity index (χ1n) is 9.99. The van der Waals surface area contributed by atoms with Crippen molar-refractivity contribution in [2.24, 2.45) is 0 Å². The molecule has 3 rings (SSSR count). The molecule has 5 heteroatoms. The van der Waals surface area contributed by atoms with E-state index < -0.39 is 11.8 Å². The second-order valence-electron chi connectivity index (χ2n) is 7.57. The van der Waals surface area contributed by atoms with Crippen molar-refractivity contribution in [2.45, 2.75) is 45.1 Å². The summed E-state index contributed by atoms with van der Waals surface area (Å²) in [6.45, 7) is 2.02. The van der Waals surface area contributed by atoms with Crippen LogP contribution in [-0.4, -0.2) is 25.9 Å². The fourth-order valence-corrected chi connectivity index (χ4v) is 3.66. The highest BCUT2D eigenvalue weighted by molar-refractivity contribution is 6.39. The van der Waals surface area contributed by atoms with Gasteiger partial charge in [0.15, 0.2) is 0 Å². The van der Waals surface area contributed by atoms with E-state index in [1.165, 1.54) is 24.0 Å². The molecule has 1 unspecified atom stereocenters. The van der Waals surface area contributed by atoms with Gasteiger partial charge in [0, 0.05) is 25.5 Å². The normalized spacial score (nSPS) is 14.0. The Labute approximate surface area is 167 Å². The van der Waals surface area contributed by atoms with E-state index in [-0.39, 0.29) is 6.04 Å². The Hall–Kier alpha value is -2.82. The fraction of sp³-hybridized carbons (Fsp3) is 0.391. The van der Waals surface area contributed by atoms with Crippen molar-refractivity contribution in [2.75, 3.05) is 24.3 Å². The zero-order valence-corrected chi connectivity index (χ0v) is 16.9. The molecule has 1 atom stereocenters. The Bertz CT molecular complexity index is 861. The van der Waals surface area contributed by atoms with Crippen molar-refractivity contribution in [3.63, 3.8) is 0 Å². The third-order valence-corrected chi connectivity index (χ3v) is 5.32. The van der Waals surface area contributed by atoms with Crippen LogP contribution in [0.15, 0.2) is 42.5 Å². The van der Waals surface area contributed by atoms with Crippen LogP contribution in [0, 0.1) is 0 Å². The molecule has 0 saturated carbocycles. The molecule has 0 fully saturated rings. The number of anilines is 2. The molecule has 148 valence electrons. The molecule has 0 bridgehead atoms. The Balaban J connectivity index is 1.66. The van der Waals surface area contributed by atoms with E-state index in [2.05, 4.69) is 28.8 Å². The van der Waals surface area contributed by atoms with Crippen LogP contribution in [0.3, 0.4) is 0 Å². The first kappa shape index (κ1) is 19.9. The molecule has 2 aromatic carbocycles. The number of carbonyl (C=O) groups excluding carboxylic acids is 2. The van der Waals surface area contributed by atoms with Crippen molar-refractivity contribution in [3.8, 4) is 0 Å². The zero-order chi connectivity index (χ0) is 20.1. The number of rotatable bonds is 5. The third kappa shape index (κ3) is 4.71. The maximum absolute atomic E-state index is 12.5. The van der Waals surface area contributed by atoms with E-state index in [4.69, 9.17) is 0 Å². The predicted octanol–water partition coefficient (Wildman–Crippen LogP) is 3.84. The van der Waals surface area contributed by atoms with Gasteiger partial charge in [-0.1, -0.05) is 31.2 Å². The van der Waals surface area contributed by atoms with E-state index in [9.17, 15) is 9.59 Å². The number of nitrogens with one attached hydrogen (secondary N) is 2. The fourth-order valence-electron chi connectivity index (χ4n) is 3.66. The molecule has 5 nitrogen and oxygen atoms in total. The van der Waals surface area contributed by atoms with Crippen LogP contribution in [0.1, 0.15) is 48.9 Å². The van der Waals surface area contributed by atoms with E-state index in [0.29, 0.717) is 5.69 Å². The number of hydrogen-bond acceptors (Lipinski definition) is 3. The average Bonchev–Trinajstić information content (AvgIpc) is 2.71. The number of carbonyl (C=O) groups is 2. The van der Waals surface area contributed by atoms with Crippen LogP contribution in [0.25, 0.3) is 0 Å². The van der Waals surface area contributed by atoms with Gasteiger partial charge in [-0.2, -0.15) is 0 Å². The molecular formula is C23H29N3O2. The molecule has 0 radical (unpaired) electrons. The van der Waals surface area contributed by atoms with Gasteiger partial charge in [0.2, 0.25) is 0 Å². The van der Waals surface area contributed by atoms with Gasteiger partial charge in [0.25, 0.3) is 0 Å². The molecule has 2 amide bonds. The molecule has 28 heavy (non-hydrogen) atoms. The van der Waals surface area contributed by atoms with Crippen molar-refractivity contribution >= 4 is 23.2 Å². The number of amides is 2. The summed E-state index contributed by atoms with van der Waals surface area (Å²) in [6, 6.07) is 13.7. The van der Waals surface area contributed by atoms with Crippen LogP contribution >= 0.6 is 0 Å². The number of aryl methyl sites for hydroxylation is 2. The summed E-state index contributed by atoms with van der Waals surface area (Å²) in [7, 11) is 3.86. The van der Waals surface area contributed by atoms with Gasteiger partial charge in [0.05, 0.1) is 6.04 Å². The highest BCUT2D eigenvalue weighted by Gasteiger charge is 2.20. The van der Waals surface area contributed by atoms with Gasteiger partial charge in [-0.3, -0.25) is 9.59 Å². The molecule has 2 N–H and O–H groups in total. The van der Waals surface area contributed by atoms with Gasteiger partial charge in [-0.25, -0.2) is 0 Å². The van der Waals surface area contributed by atoms with Crippen molar-refractivity contribution in [1.82, 2.24) is 5.32 Å². The van der Waals surface area contributed by atoms with E-state index in [1.54, 1.807) is 6.07 Å². The lowest BCUT2D eigenvalue weighted by Crippen LogP contribution is -2.37. The summed E-state index contributed by atoms with van der Waals surface area (Å²) in [4.78, 5) is 26.8. The standard InChI is InChI=1S/C23H29N3O2/c1-4-21(18-13-12-16-8-5-6-9-17(16)14-18)25-23(28)22(27)24-19-10-7-11-20(15-19)26(2)3/h7,10-15,21H,4-6,8-9H2,1-3H3,(H,24,27)(H,25,28). The summed E-state index contributed by atoms with van der Waals surface area (Å²) >= 11 is 0. The SMILES string of the molecule is CCC(NC(=O)C(=O)Nc1cccc(N(C)C)c1)c1ccc2c(c1)CCCC2. The summed E-state index contributed by atoms with van der Waals surface area (Å²) in [5.41, 5.74) is 5.42. The number of hydrogen-bond donors (Lipinski definition) is 2. The number of benzene rings is 2. The largest absolute Gasteiger partial charge is 0.378 e. The van der Waals surface area contributed by atoms with Crippen LogP contribution < -0.4 is 15.5 Å². The summed E-state index contributed by atoms with van der Waals surface area (Å²) in [5, 5.41) is 5.58. The molecular weight excluding hydrogens is 350 g/mol. The Kier molecular flexibility index (Phi) is 6.34. The second-order valence-corrected chi connectivity index (χ2v) is 7.57. The van der Waals surface area contributed by atoms with Gasteiger partial charge >= 0.3 is 11.8 Å². The first-order valence-corrected chi connectivity index (χ1v) is 9.99. The minimum Gasteiger partial charge on any atom is -0.378 e. The minimum absolute atomic E-state index is 0.168. The molecule has 0 saturated heterocycles. The first-order chi connectivity index (χ1) is 13.5. The Morgan fingerprint density at radius 2 is 1.75 bits per heavy atom. The maximum Gasteiger partial charge on any atom is 0.313 e. The highest BCUT2D eigenvalue weighted by Crippen LogP contribution is 2.26. The number of fused-ring (bicyclic) bond motifs is 1. The highest BCUT2D eigenvalue weighted by atomic mass is 16.2. The summed E-state index contributed by atoms with van der Waals surface area (Å²) < 4.78 is 0. The van der Waals surface area contributed by atoms with Crippen LogP contribution in [0.5, 0.6) is 0 Å². The average molecular weight is 380 g/mol. The molecule has 2 aromatic rings. The van der Waals surface area contributed by atoms with Crippen LogP contribution in [0.2, 0.25) is 0 Å². The van der Waals surface area contributed by atoms with Crippen molar-refractivity contribution < 1.29 is 9.59 Å². The molecule has 1 aliphatic carbocycles. The van der Waals surface area contributed by atoms with E-state index in [0.717, 1.165) is 30.5 Å². The molecule has 1 aliphatic rings. The lowest BCUT2D eigenvalue weighted by atomic mass is 9.89. The lowest BCUT2D eigenvalue weighted by molar-refractivity contribution is -0.136. The monoisotopic (exact) mass is 379 g/mol. The molecule has 0 aliphatic heterocycles. The minimum atomic E-state index is -0.646. The van der Waals surface area contributed by atoms with Gasteiger partial charge < -0.3 is 15.5 Å². The van der Waals surface area contributed by atoms with Crippen LogP contribution in [0.4, 0.5) is 11.4 Å². The Morgan fingerprint density at radius 3 is 2.46 bits per heavy atom. The summed E-state index contributed by atoms with van der Waals surface area (Å²) in [6.07, 6.45) is 5.42. The lowest BCUT2D eigenvalue weighted by Gasteiger charge is -2.21. The van der Waals surface area contributed by atoms with Gasteiger partial charge in [-0.05, 0) is 67.0 Å². The third-order valence-electron chi connectivity index (χ3n) is 5.32. The van der Waals surface area contributed by atoms with Gasteiger partial charge in [-0.15, -0.1) is 0 Å². The van der Waals surface area contributed by atoms with Crippen LogP contribution in [-0.2, 0) is 22.4 Å². The second kappa shape index (κ2) is 8.91. The smallest absolute Gasteiger partial charge is 0.313 e. The maximum atomic E-state index is 12.5. The molecule has 0 aromatic heterocycles. The summed E-state index contributed by atoms with van der Waals surface area (Å²) in [5.74, 6) is -1.26.